The third-order valence-electron chi connectivity index (χ3n) is 3.95. The largest absolute Gasteiger partial charge is 0.386 e. The van der Waals surface area contributed by atoms with Crippen molar-refractivity contribution in [3.63, 3.8) is 0 Å². The molecule has 2 nitrogen and oxygen atoms in total. The van der Waals surface area contributed by atoms with Crippen molar-refractivity contribution in [1.29, 1.82) is 0 Å². The molecule has 1 aromatic rings. The molecule has 1 heterocycles. The first kappa shape index (κ1) is 14.3. The molecule has 1 fully saturated rings. The van der Waals surface area contributed by atoms with E-state index in [9.17, 15) is 18.3 Å². The molecule has 1 aromatic carbocycles. The van der Waals surface area contributed by atoms with Crippen molar-refractivity contribution < 1.29 is 18.3 Å². The second-order valence-electron chi connectivity index (χ2n) is 5.51. The zero-order valence-corrected chi connectivity index (χ0v) is 11.1. The maximum Gasteiger partial charge on any atom is 0.194 e. The molecule has 5 heteroatoms. The van der Waals surface area contributed by atoms with Crippen LogP contribution in [-0.2, 0) is 0 Å². The van der Waals surface area contributed by atoms with Crippen LogP contribution in [0.5, 0.6) is 0 Å². The average molecular weight is 273 g/mol. The van der Waals surface area contributed by atoms with Gasteiger partial charge in [0.2, 0.25) is 0 Å². The molecule has 0 spiro atoms. The van der Waals surface area contributed by atoms with Crippen LogP contribution in [0.2, 0.25) is 0 Å². The van der Waals surface area contributed by atoms with Crippen molar-refractivity contribution in [2.75, 3.05) is 13.1 Å². The van der Waals surface area contributed by atoms with Gasteiger partial charge in [0.05, 0.1) is 6.10 Å². The lowest BCUT2D eigenvalue weighted by Crippen LogP contribution is -2.47. The maximum absolute atomic E-state index is 13.7. The number of rotatable bonds is 3. The van der Waals surface area contributed by atoms with E-state index >= 15 is 0 Å². The average Bonchev–Trinajstić information content (AvgIpc) is 2.90. The summed E-state index contributed by atoms with van der Waals surface area (Å²) >= 11 is 0. The molecule has 1 saturated heterocycles. The van der Waals surface area contributed by atoms with Gasteiger partial charge in [0.25, 0.3) is 0 Å². The third-order valence-corrected chi connectivity index (χ3v) is 3.95. The Hall–Kier alpha value is -1.07. The molecular weight excluding hydrogens is 255 g/mol. The monoisotopic (exact) mass is 273 g/mol. The normalized spacial score (nSPS) is 18.8. The van der Waals surface area contributed by atoms with Crippen LogP contribution in [0.1, 0.15) is 38.4 Å². The molecule has 0 amide bonds. The smallest absolute Gasteiger partial charge is 0.194 e. The topological polar surface area (TPSA) is 23.5 Å². The predicted molar refractivity (Wildman–Crippen MR) is 66.2 cm³/mol. The minimum Gasteiger partial charge on any atom is -0.386 e. The lowest BCUT2D eigenvalue weighted by molar-refractivity contribution is -0.00111. The number of hydrogen-bond acceptors (Lipinski definition) is 2. The van der Waals surface area contributed by atoms with E-state index in [1.165, 1.54) is 0 Å². The van der Waals surface area contributed by atoms with Crippen molar-refractivity contribution in [2.45, 2.75) is 38.3 Å². The Kier molecular flexibility index (Phi) is 3.87. The van der Waals surface area contributed by atoms with Gasteiger partial charge in [0.1, 0.15) is 0 Å². The Bertz CT molecular complexity index is 470. The summed E-state index contributed by atoms with van der Waals surface area (Å²) in [6, 6.07) is 1.95. The number of hydrogen-bond donors (Lipinski definition) is 1. The standard InChI is InChI=1S/C14H18F3NO/c1-14(2,18-7-3-4-8-18)13(19)9-5-6-10(15)12(17)11(9)16/h5-6,13,19H,3-4,7-8H2,1-2H3. The predicted octanol–water partition coefficient (Wildman–Crippen LogP) is 3.01. The van der Waals surface area contributed by atoms with Crippen molar-refractivity contribution >= 4 is 0 Å². The van der Waals surface area contributed by atoms with Crippen molar-refractivity contribution in [1.82, 2.24) is 4.90 Å². The molecule has 1 N–H and O–H groups in total. The van der Waals surface area contributed by atoms with Crippen LogP contribution >= 0.6 is 0 Å². The molecule has 1 atom stereocenters. The van der Waals surface area contributed by atoms with Crippen molar-refractivity contribution in [3.8, 4) is 0 Å². The van der Waals surface area contributed by atoms with Gasteiger partial charge in [-0.3, -0.25) is 4.90 Å². The first-order valence-electron chi connectivity index (χ1n) is 6.42. The number of halogens is 3. The summed E-state index contributed by atoms with van der Waals surface area (Å²) in [7, 11) is 0. The van der Waals surface area contributed by atoms with E-state index in [1.807, 2.05) is 4.90 Å². The SMILES string of the molecule is CC(C)(C(O)c1ccc(F)c(F)c1F)N1CCCC1. The highest BCUT2D eigenvalue weighted by atomic mass is 19.2. The quantitative estimate of drug-likeness (QED) is 0.856. The minimum absolute atomic E-state index is 0.198. The van der Waals surface area contributed by atoms with E-state index in [1.54, 1.807) is 13.8 Å². The van der Waals surface area contributed by atoms with Gasteiger partial charge in [-0.2, -0.15) is 0 Å². The molecule has 0 saturated carbocycles. The van der Waals surface area contributed by atoms with Gasteiger partial charge in [-0.25, -0.2) is 13.2 Å². The highest BCUT2D eigenvalue weighted by Crippen LogP contribution is 2.35. The highest BCUT2D eigenvalue weighted by molar-refractivity contribution is 5.25. The van der Waals surface area contributed by atoms with E-state index in [4.69, 9.17) is 0 Å². The van der Waals surface area contributed by atoms with Crippen LogP contribution in [0, 0.1) is 17.5 Å². The van der Waals surface area contributed by atoms with Crippen LogP contribution in [0.25, 0.3) is 0 Å². The summed E-state index contributed by atoms with van der Waals surface area (Å²) in [5.41, 5.74) is -0.919. The molecule has 19 heavy (non-hydrogen) atoms. The van der Waals surface area contributed by atoms with Gasteiger partial charge < -0.3 is 5.11 Å². The van der Waals surface area contributed by atoms with E-state index in [2.05, 4.69) is 0 Å². The molecule has 0 bridgehead atoms. The number of aliphatic hydroxyl groups is 1. The fourth-order valence-electron chi connectivity index (χ4n) is 2.60. The van der Waals surface area contributed by atoms with Gasteiger partial charge in [-0.15, -0.1) is 0 Å². The molecule has 1 aliphatic rings. The summed E-state index contributed by atoms with van der Waals surface area (Å²) < 4.78 is 39.9. The first-order chi connectivity index (χ1) is 8.85. The third kappa shape index (κ3) is 2.49. The van der Waals surface area contributed by atoms with Gasteiger partial charge >= 0.3 is 0 Å². The molecule has 2 rings (SSSR count). The Balaban J connectivity index is 2.33. The minimum atomic E-state index is -1.53. The summed E-state index contributed by atoms with van der Waals surface area (Å²) in [4.78, 5) is 2.04. The Labute approximate surface area is 110 Å². The number of aliphatic hydroxyl groups excluding tert-OH is 1. The summed E-state index contributed by atoms with van der Waals surface area (Å²) in [6.45, 7) is 5.19. The van der Waals surface area contributed by atoms with Crippen LogP contribution in [0.4, 0.5) is 13.2 Å². The number of nitrogens with zero attached hydrogens (tertiary/aromatic N) is 1. The highest BCUT2D eigenvalue weighted by Gasteiger charge is 2.38. The Morgan fingerprint density at radius 2 is 1.68 bits per heavy atom. The molecule has 0 aromatic heterocycles. The lowest BCUT2D eigenvalue weighted by atomic mass is 9.89. The molecule has 1 unspecified atom stereocenters. The summed E-state index contributed by atoms with van der Waals surface area (Å²) in [5.74, 6) is -4.08. The Morgan fingerprint density at radius 3 is 2.26 bits per heavy atom. The van der Waals surface area contributed by atoms with Gasteiger partial charge in [0, 0.05) is 11.1 Å². The number of likely N-dealkylation sites (tertiary alicyclic amines) is 1. The molecular formula is C14H18F3NO. The zero-order valence-electron chi connectivity index (χ0n) is 11.1. The van der Waals surface area contributed by atoms with E-state index in [0.29, 0.717) is 0 Å². The van der Waals surface area contributed by atoms with Crippen molar-refractivity contribution in [2.24, 2.45) is 0 Å². The lowest BCUT2D eigenvalue weighted by Gasteiger charge is -2.39. The van der Waals surface area contributed by atoms with Crippen LogP contribution in [0.3, 0.4) is 0 Å². The van der Waals surface area contributed by atoms with Crippen LogP contribution < -0.4 is 0 Å². The fraction of sp³-hybridized carbons (Fsp3) is 0.571. The second-order valence-corrected chi connectivity index (χ2v) is 5.51. The maximum atomic E-state index is 13.7. The van der Waals surface area contributed by atoms with Crippen LogP contribution in [0.15, 0.2) is 12.1 Å². The first-order valence-corrected chi connectivity index (χ1v) is 6.42. The molecule has 0 aliphatic carbocycles. The Morgan fingerprint density at radius 1 is 1.11 bits per heavy atom. The second kappa shape index (κ2) is 5.13. The van der Waals surface area contributed by atoms with Gasteiger partial charge in [-0.1, -0.05) is 6.07 Å². The fourth-order valence-corrected chi connectivity index (χ4v) is 2.60. The number of benzene rings is 1. The van der Waals surface area contributed by atoms with Crippen LogP contribution in [-0.4, -0.2) is 28.6 Å². The van der Waals surface area contributed by atoms with E-state index in [0.717, 1.165) is 38.1 Å². The van der Waals surface area contributed by atoms with Gasteiger partial charge in [-0.05, 0) is 45.8 Å². The summed E-state index contributed by atoms with van der Waals surface area (Å²) in [6.07, 6.45) is 0.841. The molecule has 0 radical (unpaired) electrons. The van der Waals surface area contributed by atoms with E-state index in [-0.39, 0.29) is 5.56 Å². The molecule has 106 valence electrons. The van der Waals surface area contributed by atoms with Crippen molar-refractivity contribution in [3.05, 3.63) is 35.1 Å². The van der Waals surface area contributed by atoms with E-state index < -0.39 is 29.1 Å². The van der Waals surface area contributed by atoms with Gasteiger partial charge in [0.15, 0.2) is 17.5 Å². The zero-order chi connectivity index (χ0) is 14.2. The summed E-state index contributed by atoms with van der Waals surface area (Å²) in [5, 5.41) is 10.3. The molecule has 1 aliphatic heterocycles.